The molecule has 1 unspecified atom stereocenters. The smallest absolute Gasteiger partial charge is 0.319 e. The first-order valence-corrected chi connectivity index (χ1v) is 5.30. The minimum atomic E-state index is -2.81. The highest BCUT2D eigenvalue weighted by atomic mass is 35.5. The summed E-state index contributed by atoms with van der Waals surface area (Å²) in [7, 11) is 0. The summed E-state index contributed by atoms with van der Waals surface area (Å²) in [6.07, 6.45) is -2.85. The number of alkyl halides is 3. The second kappa shape index (κ2) is 5.10. The molecule has 1 atom stereocenters. The minimum Gasteiger partial charge on any atom is -0.459 e. The molecular weight excluding hydrogens is 226 g/mol. The number of hydrogen-bond donors (Lipinski definition) is 0. The second-order valence-electron chi connectivity index (χ2n) is 4.45. The van der Waals surface area contributed by atoms with Crippen molar-refractivity contribution in [2.24, 2.45) is 5.41 Å². The van der Waals surface area contributed by atoms with Crippen LogP contribution in [0.2, 0.25) is 0 Å². The summed E-state index contributed by atoms with van der Waals surface area (Å²) in [6, 6.07) is 0. The molecule has 5 heteroatoms. The van der Waals surface area contributed by atoms with Crippen LogP contribution in [0.15, 0.2) is 0 Å². The third kappa shape index (κ3) is 3.59. The molecule has 0 aromatic carbocycles. The topological polar surface area (TPSA) is 26.3 Å². The lowest BCUT2D eigenvalue weighted by molar-refractivity contribution is -0.176. The van der Waals surface area contributed by atoms with Crippen LogP contribution >= 0.6 is 11.6 Å². The minimum absolute atomic E-state index is 0.0386. The summed E-state index contributed by atoms with van der Waals surface area (Å²) in [5, 5.41) is 0. The molecule has 0 aromatic heterocycles. The standard InChI is InChI=1S/C10H17ClF2O2/c1-5-10(6-11,7(12)13)8(14)15-9(2,3)4/h7H,5-6H2,1-4H3. The fourth-order valence-corrected chi connectivity index (χ4v) is 1.39. The highest BCUT2D eigenvalue weighted by molar-refractivity contribution is 6.19. The van der Waals surface area contributed by atoms with E-state index in [0.717, 1.165) is 0 Å². The summed E-state index contributed by atoms with van der Waals surface area (Å²) in [5.74, 6) is -1.36. The molecule has 90 valence electrons. The molecule has 0 saturated heterocycles. The maximum absolute atomic E-state index is 12.8. The van der Waals surface area contributed by atoms with Crippen LogP contribution in [-0.4, -0.2) is 23.9 Å². The van der Waals surface area contributed by atoms with E-state index in [1.54, 1.807) is 20.8 Å². The lowest BCUT2D eigenvalue weighted by atomic mass is 9.87. The van der Waals surface area contributed by atoms with Gasteiger partial charge in [-0.05, 0) is 27.2 Å². The molecule has 0 spiro atoms. The zero-order valence-corrected chi connectivity index (χ0v) is 10.2. The molecule has 0 radical (unpaired) electrons. The Labute approximate surface area is 93.9 Å². The quantitative estimate of drug-likeness (QED) is 0.559. The van der Waals surface area contributed by atoms with E-state index in [1.165, 1.54) is 6.92 Å². The van der Waals surface area contributed by atoms with Crippen molar-refractivity contribution in [3.8, 4) is 0 Å². The maximum atomic E-state index is 12.8. The number of ether oxygens (including phenoxy) is 1. The second-order valence-corrected chi connectivity index (χ2v) is 4.71. The van der Waals surface area contributed by atoms with Crippen molar-refractivity contribution in [2.45, 2.75) is 46.1 Å². The first-order valence-electron chi connectivity index (χ1n) is 4.77. The predicted molar refractivity (Wildman–Crippen MR) is 55.3 cm³/mol. The third-order valence-electron chi connectivity index (χ3n) is 2.09. The molecule has 0 rings (SSSR count). The van der Waals surface area contributed by atoms with E-state index < -0.39 is 29.3 Å². The number of esters is 1. The predicted octanol–water partition coefficient (Wildman–Crippen LogP) is 3.23. The largest absolute Gasteiger partial charge is 0.459 e. The number of hydrogen-bond acceptors (Lipinski definition) is 2. The summed E-state index contributed by atoms with van der Waals surface area (Å²) >= 11 is 5.46. The van der Waals surface area contributed by atoms with Gasteiger partial charge >= 0.3 is 5.97 Å². The van der Waals surface area contributed by atoms with Crippen molar-refractivity contribution >= 4 is 17.6 Å². The van der Waals surface area contributed by atoms with Crippen LogP contribution in [0.4, 0.5) is 8.78 Å². The van der Waals surface area contributed by atoms with Gasteiger partial charge in [0.2, 0.25) is 0 Å². The lowest BCUT2D eigenvalue weighted by Gasteiger charge is -2.31. The first-order chi connectivity index (χ1) is 6.69. The Balaban J connectivity index is 4.86. The first kappa shape index (κ1) is 14.6. The zero-order chi connectivity index (χ0) is 12.3. The summed E-state index contributed by atoms with van der Waals surface area (Å²) in [5.41, 5.74) is -2.66. The molecule has 0 heterocycles. The summed E-state index contributed by atoms with van der Waals surface area (Å²) in [6.45, 7) is 6.39. The Morgan fingerprint density at radius 3 is 2.07 bits per heavy atom. The van der Waals surface area contributed by atoms with Gasteiger partial charge in [0.15, 0.2) is 0 Å². The number of carbonyl (C=O) groups is 1. The molecular formula is C10H17ClF2O2. The number of rotatable bonds is 4. The molecule has 0 saturated carbocycles. The van der Waals surface area contributed by atoms with E-state index in [4.69, 9.17) is 16.3 Å². The monoisotopic (exact) mass is 242 g/mol. The van der Waals surface area contributed by atoms with E-state index in [0.29, 0.717) is 0 Å². The van der Waals surface area contributed by atoms with Gasteiger partial charge in [0, 0.05) is 5.88 Å². The fraction of sp³-hybridized carbons (Fsp3) is 0.900. The van der Waals surface area contributed by atoms with E-state index in [-0.39, 0.29) is 6.42 Å². The Morgan fingerprint density at radius 2 is 1.87 bits per heavy atom. The van der Waals surface area contributed by atoms with Crippen molar-refractivity contribution < 1.29 is 18.3 Å². The van der Waals surface area contributed by atoms with Gasteiger partial charge in [0.05, 0.1) is 0 Å². The van der Waals surface area contributed by atoms with Crippen molar-refractivity contribution in [1.29, 1.82) is 0 Å². The molecule has 0 amide bonds. The van der Waals surface area contributed by atoms with Crippen LogP contribution in [0.5, 0.6) is 0 Å². The van der Waals surface area contributed by atoms with Crippen LogP contribution in [0.1, 0.15) is 34.1 Å². The highest BCUT2D eigenvalue weighted by Gasteiger charge is 2.47. The Morgan fingerprint density at radius 1 is 1.40 bits per heavy atom. The van der Waals surface area contributed by atoms with Crippen molar-refractivity contribution in [3.63, 3.8) is 0 Å². The Kier molecular flexibility index (Phi) is 4.97. The van der Waals surface area contributed by atoms with Crippen LogP contribution in [-0.2, 0) is 9.53 Å². The molecule has 2 nitrogen and oxygen atoms in total. The maximum Gasteiger partial charge on any atom is 0.319 e. The van der Waals surface area contributed by atoms with Crippen LogP contribution < -0.4 is 0 Å². The number of halogens is 3. The molecule has 0 bridgehead atoms. The summed E-state index contributed by atoms with van der Waals surface area (Å²) in [4.78, 5) is 11.6. The van der Waals surface area contributed by atoms with E-state index in [9.17, 15) is 13.6 Å². The molecule has 15 heavy (non-hydrogen) atoms. The van der Waals surface area contributed by atoms with Crippen molar-refractivity contribution in [1.82, 2.24) is 0 Å². The SMILES string of the molecule is CCC(CCl)(C(=O)OC(C)(C)C)C(F)F. The van der Waals surface area contributed by atoms with Crippen molar-refractivity contribution in [3.05, 3.63) is 0 Å². The van der Waals surface area contributed by atoms with Crippen LogP contribution in [0, 0.1) is 5.41 Å². The van der Waals surface area contributed by atoms with Gasteiger partial charge in [0.1, 0.15) is 11.0 Å². The Hall–Kier alpha value is -0.380. The average Bonchev–Trinajstić information content (AvgIpc) is 2.03. The van der Waals surface area contributed by atoms with E-state index in [1.807, 2.05) is 0 Å². The van der Waals surface area contributed by atoms with Gasteiger partial charge in [-0.15, -0.1) is 11.6 Å². The normalized spacial score (nSPS) is 16.3. The van der Waals surface area contributed by atoms with Gasteiger partial charge in [-0.3, -0.25) is 4.79 Å². The van der Waals surface area contributed by atoms with Gasteiger partial charge < -0.3 is 4.74 Å². The summed E-state index contributed by atoms with van der Waals surface area (Å²) < 4.78 is 30.5. The molecule has 0 aliphatic carbocycles. The fourth-order valence-electron chi connectivity index (χ4n) is 0.975. The molecule has 0 aliphatic rings. The average molecular weight is 243 g/mol. The van der Waals surface area contributed by atoms with E-state index >= 15 is 0 Å². The molecule has 0 aromatic rings. The van der Waals surface area contributed by atoms with Gasteiger partial charge in [-0.1, -0.05) is 6.92 Å². The molecule has 0 aliphatic heterocycles. The van der Waals surface area contributed by atoms with Crippen molar-refractivity contribution in [2.75, 3.05) is 5.88 Å². The van der Waals surface area contributed by atoms with Crippen LogP contribution in [0.25, 0.3) is 0 Å². The van der Waals surface area contributed by atoms with E-state index in [2.05, 4.69) is 0 Å². The van der Waals surface area contributed by atoms with Gasteiger partial charge in [-0.2, -0.15) is 0 Å². The number of carbonyl (C=O) groups excluding carboxylic acids is 1. The zero-order valence-electron chi connectivity index (χ0n) is 9.44. The van der Waals surface area contributed by atoms with Gasteiger partial charge in [0.25, 0.3) is 6.43 Å². The third-order valence-corrected chi connectivity index (χ3v) is 2.57. The molecule has 0 N–H and O–H groups in total. The highest BCUT2D eigenvalue weighted by Crippen LogP contribution is 2.34. The van der Waals surface area contributed by atoms with Crippen LogP contribution in [0.3, 0.4) is 0 Å². The lowest BCUT2D eigenvalue weighted by Crippen LogP contribution is -2.44. The molecule has 0 fully saturated rings. The Bertz CT molecular complexity index is 220. The van der Waals surface area contributed by atoms with Gasteiger partial charge in [-0.25, -0.2) is 8.78 Å².